The van der Waals surface area contributed by atoms with E-state index in [1.54, 1.807) is 36.5 Å². The zero-order valence-corrected chi connectivity index (χ0v) is 17.4. The summed E-state index contributed by atoms with van der Waals surface area (Å²) in [5.41, 5.74) is 1.31. The van der Waals surface area contributed by atoms with Crippen molar-refractivity contribution < 1.29 is 19.1 Å². The molecule has 2 aromatic rings. The number of anilines is 1. The van der Waals surface area contributed by atoms with Crippen molar-refractivity contribution in [1.82, 2.24) is 0 Å². The summed E-state index contributed by atoms with van der Waals surface area (Å²) in [6.45, 7) is 6.08. The van der Waals surface area contributed by atoms with Gasteiger partial charge in [0.15, 0.2) is 11.5 Å². The number of ether oxygens (including phenoxy) is 2. The maximum Gasteiger partial charge on any atom is 0.265 e. The van der Waals surface area contributed by atoms with Crippen LogP contribution in [-0.4, -0.2) is 37.8 Å². The Balaban J connectivity index is 2.11. The van der Waals surface area contributed by atoms with Gasteiger partial charge < -0.3 is 9.47 Å². The zero-order chi connectivity index (χ0) is 21.2. The summed E-state index contributed by atoms with van der Waals surface area (Å²) in [6.07, 6.45) is 2.51. The quantitative estimate of drug-likeness (QED) is 0.543. The minimum Gasteiger partial charge on any atom is -0.493 e. The summed E-state index contributed by atoms with van der Waals surface area (Å²) in [5.74, 6) is -0.366. The first-order valence-electron chi connectivity index (χ1n) is 9.57. The van der Waals surface area contributed by atoms with Gasteiger partial charge in [-0.2, -0.15) is 0 Å². The molecule has 0 aliphatic carbocycles. The molecular weight excluding hydrogens is 368 g/mol. The number of amides is 2. The number of rotatable bonds is 6. The fraction of sp³-hybridized carbons (Fsp3) is 0.348. The molecule has 0 saturated carbocycles. The lowest BCUT2D eigenvalue weighted by atomic mass is 9.88. The third-order valence-electron chi connectivity index (χ3n) is 5.28. The number of benzene rings is 2. The largest absolute Gasteiger partial charge is 0.493 e. The first-order valence-corrected chi connectivity index (χ1v) is 9.57. The van der Waals surface area contributed by atoms with Gasteiger partial charge in [-0.3, -0.25) is 14.6 Å². The van der Waals surface area contributed by atoms with Gasteiger partial charge >= 0.3 is 0 Å². The van der Waals surface area contributed by atoms with Crippen LogP contribution in [0.4, 0.5) is 5.69 Å². The molecule has 0 radical (unpaired) electrons. The molecule has 0 saturated heterocycles. The number of fused-ring (bicyclic) bond motifs is 1. The van der Waals surface area contributed by atoms with Crippen molar-refractivity contribution in [3.05, 3.63) is 53.6 Å². The number of imide groups is 1. The van der Waals surface area contributed by atoms with Crippen LogP contribution in [0.3, 0.4) is 0 Å². The molecule has 29 heavy (non-hydrogen) atoms. The Kier molecular flexibility index (Phi) is 5.73. The van der Waals surface area contributed by atoms with Gasteiger partial charge in [-0.25, -0.2) is 4.90 Å². The molecule has 152 valence electrons. The fourth-order valence-corrected chi connectivity index (χ4v) is 3.18. The molecule has 3 rings (SSSR count). The molecule has 1 unspecified atom stereocenters. The first kappa shape index (κ1) is 20.6. The molecular formula is C23H26N2O4. The van der Waals surface area contributed by atoms with Crippen LogP contribution in [0, 0.1) is 0 Å². The summed E-state index contributed by atoms with van der Waals surface area (Å²) in [7, 11) is 3.05. The average molecular weight is 394 g/mol. The van der Waals surface area contributed by atoms with Gasteiger partial charge in [-0.1, -0.05) is 25.1 Å². The van der Waals surface area contributed by atoms with Crippen LogP contribution in [-0.2, 0) is 4.79 Å². The maximum atomic E-state index is 13.4. The molecule has 1 aliphatic rings. The second-order valence-corrected chi connectivity index (χ2v) is 7.53. The number of nitrogens with zero attached hydrogens (tertiary/aromatic N) is 2. The highest BCUT2D eigenvalue weighted by Gasteiger charge is 2.39. The van der Waals surface area contributed by atoms with Crippen LogP contribution in [0.25, 0.3) is 0 Å². The van der Waals surface area contributed by atoms with Gasteiger partial charge in [0, 0.05) is 17.8 Å². The van der Waals surface area contributed by atoms with Crippen LogP contribution in [0.1, 0.15) is 49.0 Å². The third kappa shape index (κ3) is 3.88. The normalized spacial score (nSPS) is 16.9. The molecule has 6 nitrogen and oxygen atoms in total. The van der Waals surface area contributed by atoms with Crippen LogP contribution >= 0.6 is 0 Å². The summed E-state index contributed by atoms with van der Waals surface area (Å²) >= 11 is 0. The number of methoxy groups -OCH3 is 2. The number of hydrogen-bond donors (Lipinski definition) is 0. The van der Waals surface area contributed by atoms with Crippen molar-refractivity contribution in [1.29, 1.82) is 0 Å². The molecule has 0 bridgehead atoms. The Labute approximate surface area is 171 Å². The zero-order valence-electron chi connectivity index (χ0n) is 17.4. The first-order chi connectivity index (χ1) is 13.8. The van der Waals surface area contributed by atoms with Gasteiger partial charge in [0.1, 0.15) is 0 Å². The highest BCUT2D eigenvalue weighted by Crippen LogP contribution is 2.36. The SMILES string of the molecule is CCC(C)(C)N=CC1C(=O)N(c2ccc(OC)c(OC)c2)C(=O)c2ccccc21. The molecule has 0 fully saturated rings. The lowest BCUT2D eigenvalue weighted by Gasteiger charge is -2.31. The van der Waals surface area contributed by atoms with Gasteiger partial charge in [0.05, 0.1) is 31.4 Å². The van der Waals surface area contributed by atoms with Crippen LogP contribution < -0.4 is 14.4 Å². The van der Waals surface area contributed by atoms with Crippen molar-refractivity contribution in [2.75, 3.05) is 19.1 Å². The lowest BCUT2D eigenvalue weighted by molar-refractivity contribution is -0.118. The molecule has 2 aromatic carbocycles. The summed E-state index contributed by atoms with van der Waals surface area (Å²) in [5, 5.41) is 0. The number of carbonyl (C=O) groups excluding carboxylic acids is 2. The van der Waals surface area contributed by atoms with E-state index in [1.807, 2.05) is 32.9 Å². The predicted octanol–water partition coefficient (Wildman–Crippen LogP) is 4.23. The molecule has 1 atom stereocenters. The maximum absolute atomic E-state index is 13.4. The Morgan fingerprint density at radius 3 is 2.41 bits per heavy atom. The van der Waals surface area contributed by atoms with Crippen molar-refractivity contribution in [3.63, 3.8) is 0 Å². The second kappa shape index (κ2) is 8.07. The molecule has 0 aromatic heterocycles. The van der Waals surface area contributed by atoms with E-state index >= 15 is 0 Å². The molecule has 2 amide bonds. The number of aliphatic imine (C=N–C) groups is 1. The molecule has 0 N–H and O–H groups in total. The van der Waals surface area contributed by atoms with E-state index in [-0.39, 0.29) is 17.4 Å². The Bertz CT molecular complexity index is 965. The minimum absolute atomic E-state index is 0.287. The van der Waals surface area contributed by atoms with Crippen LogP contribution in [0.15, 0.2) is 47.5 Å². The van der Waals surface area contributed by atoms with E-state index in [2.05, 4.69) is 4.99 Å². The average Bonchev–Trinajstić information content (AvgIpc) is 2.73. The minimum atomic E-state index is -0.636. The smallest absolute Gasteiger partial charge is 0.265 e. The molecule has 0 spiro atoms. The second-order valence-electron chi connectivity index (χ2n) is 7.53. The van der Waals surface area contributed by atoms with E-state index in [9.17, 15) is 9.59 Å². The summed E-state index contributed by atoms with van der Waals surface area (Å²) < 4.78 is 10.6. The highest BCUT2D eigenvalue weighted by atomic mass is 16.5. The van der Waals surface area contributed by atoms with Gasteiger partial charge in [-0.15, -0.1) is 0 Å². The van der Waals surface area contributed by atoms with Gasteiger partial charge in [-0.05, 0) is 44.0 Å². The van der Waals surface area contributed by atoms with Crippen LogP contribution in [0.2, 0.25) is 0 Å². The standard InChI is InChI=1S/C23H26N2O4/c1-6-23(2,3)24-14-18-16-9-7-8-10-17(16)21(26)25(22(18)27)15-11-12-19(28-4)20(13-15)29-5/h7-14,18H,6H2,1-5H3. The van der Waals surface area contributed by atoms with Gasteiger partial charge in [0.25, 0.3) is 5.91 Å². The lowest BCUT2D eigenvalue weighted by Crippen LogP contribution is -2.45. The van der Waals surface area contributed by atoms with Crippen molar-refractivity contribution in [2.45, 2.75) is 38.6 Å². The summed E-state index contributed by atoms with van der Waals surface area (Å²) in [6, 6.07) is 12.2. The number of hydrogen-bond acceptors (Lipinski definition) is 5. The highest BCUT2D eigenvalue weighted by molar-refractivity contribution is 6.29. The van der Waals surface area contributed by atoms with Crippen molar-refractivity contribution in [3.8, 4) is 11.5 Å². The Morgan fingerprint density at radius 1 is 1.07 bits per heavy atom. The summed E-state index contributed by atoms with van der Waals surface area (Å²) in [4.78, 5) is 32.4. The fourth-order valence-electron chi connectivity index (χ4n) is 3.18. The topological polar surface area (TPSA) is 68.2 Å². The molecule has 1 aliphatic heterocycles. The van der Waals surface area contributed by atoms with Gasteiger partial charge in [0.2, 0.25) is 5.91 Å². The molecule has 1 heterocycles. The van der Waals surface area contributed by atoms with E-state index in [0.29, 0.717) is 28.3 Å². The molecule has 6 heteroatoms. The monoisotopic (exact) mass is 394 g/mol. The Hall–Kier alpha value is -3.15. The van der Waals surface area contributed by atoms with E-state index in [4.69, 9.17) is 9.47 Å². The predicted molar refractivity (Wildman–Crippen MR) is 113 cm³/mol. The van der Waals surface area contributed by atoms with Crippen molar-refractivity contribution in [2.24, 2.45) is 4.99 Å². The van der Waals surface area contributed by atoms with E-state index in [0.717, 1.165) is 6.42 Å². The van der Waals surface area contributed by atoms with E-state index in [1.165, 1.54) is 19.1 Å². The number of carbonyl (C=O) groups is 2. The van der Waals surface area contributed by atoms with Crippen LogP contribution in [0.5, 0.6) is 11.5 Å². The third-order valence-corrected chi connectivity index (χ3v) is 5.28. The Morgan fingerprint density at radius 2 is 1.76 bits per heavy atom. The van der Waals surface area contributed by atoms with E-state index < -0.39 is 5.92 Å². The van der Waals surface area contributed by atoms with Crippen molar-refractivity contribution >= 4 is 23.7 Å².